The van der Waals surface area contributed by atoms with Crippen molar-refractivity contribution in [2.45, 2.75) is 13.5 Å². The van der Waals surface area contributed by atoms with Gasteiger partial charge in [-0.15, -0.1) is 0 Å². The number of carboxylic acid groups (broad SMARTS) is 1. The molecule has 0 atom stereocenters. The summed E-state index contributed by atoms with van der Waals surface area (Å²) in [7, 11) is 0. The molecule has 4 nitrogen and oxygen atoms in total. The van der Waals surface area contributed by atoms with Crippen molar-refractivity contribution in [3.63, 3.8) is 0 Å². The number of hydrogen-bond acceptors (Lipinski definition) is 3. The van der Waals surface area contributed by atoms with E-state index >= 15 is 0 Å². The number of aliphatic carboxylic acids is 1. The van der Waals surface area contributed by atoms with Gasteiger partial charge in [0.2, 0.25) is 0 Å². The number of thiazole rings is 1. The van der Waals surface area contributed by atoms with Crippen LogP contribution in [0.3, 0.4) is 0 Å². The van der Waals surface area contributed by atoms with E-state index in [1.807, 2.05) is 49.4 Å². The van der Waals surface area contributed by atoms with E-state index in [1.165, 1.54) is 4.57 Å². The van der Waals surface area contributed by atoms with Gasteiger partial charge in [0, 0.05) is 0 Å². The monoisotopic (exact) mass is 299 g/mol. The number of hydrogen-bond donors (Lipinski definition) is 1. The first-order valence-electron chi connectivity index (χ1n) is 6.47. The van der Waals surface area contributed by atoms with Crippen molar-refractivity contribution in [3.05, 3.63) is 57.7 Å². The molecule has 106 valence electrons. The largest absolute Gasteiger partial charge is 0.480 e. The van der Waals surface area contributed by atoms with Crippen molar-refractivity contribution in [3.8, 4) is 11.1 Å². The number of carbonyl (C=O) groups is 1. The minimum atomic E-state index is -1.01. The average Bonchev–Trinajstić information content (AvgIpc) is 2.74. The van der Waals surface area contributed by atoms with Crippen molar-refractivity contribution < 1.29 is 9.90 Å². The summed E-state index contributed by atoms with van der Waals surface area (Å²) in [6, 6.07) is 13.8. The van der Waals surface area contributed by atoms with E-state index < -0.39 is 5.97 Å². The predicted octanol–water partition coefficient (Wildman–Crippen LogP) is 3.12. The molecule has 3 aromatic rings. The number of carboxylic acids is 1. The fraction of sp³-hybridized carbons (Fsp3) is 0.125. The first-order valence-corrected chi connectivity index (χ1v) is 7.29. The van der Waals surface area contributed by atoms with Crippen LogP contribution in [0.1, 0.15) is 5.56 Å². The summed E-state index contributed by atoms with van der Waals surface area (Å²) in [6.07, 6.45) is 0. The molecule has 0 radical (unpaired) electrons. The molecule has 1 N–H and O–H groups in total. The van der Waals surface area contributed by atoms with Crippen molar-refractivity contribution in [1.82, 2.24) is 4.57 Å². The van der Waals surface area contributed by atoms with Crippen LogP contribution in [0.15, 0.2) is 47.3 Å². The fourth-order valence-corrected chi connectivity index (χ4v) is 3.34. The molecule has 0 aliphatic heterocycles. The summed E-state index contributed by atoms with van der Waals surface area (Å²) < 4.78 is 2.12. The Morgan fingerprint density at radius 2 is 1.95 bits per heavy atom. The predicted molar refractivity (Wildman–Crippen MR) is 83.9 cm³/mol. The van der Waals surface area contributed by atoms with Crippen LogP contribution in [0.25, 0.3) is 21.3 Å². The Bertz CT molecular complexity index is 878. The lowest BCUT2D eigenvalue weighted by Gasteiger charge is -2.07. The first-order chi connectivity index (χ1) is 10.1. The zero-order chi connectivity index (χ0) is 15.0. The minimum absolute atomic E-state index is 0.239. The molecule has 21 heavy (non-hydrogen) atoms. The van der Waals surface area contributed by atoms with Crippen LogP contribution in [-0.2, 0) is 11.3 Å². The van der Waals surface area contributed by atoms with E-state index in [9.17, 15) is 9.59 Å². The molecule has 0 bridgehead atoms. The van der Waals surface area contributed by atoms with Gasteiger partial charge in [-0.25, -0.2) is 0 Å². The Kier molecular flexibility index (Phi) is 3.35. The molecular weight excluding hydrogens is 286 g/mol. The van der Waals surface area contributed by atoms with Crippen LogP contribution in [0.4, 0.5) is 0 Å². The lowest BCUT2D eigenvalue weighted by atomic mass is 10.0. The average molecular weight is 299 g/mol. The van der Waals surface area contributed by atoms with E-state index in [0.29, 0.717) is 5.52 Å². The highest BCUT2D eigenvalue weighted by Gasteiger charge is 2.13. The van der Waals surface area contributed by atoms with E-state index in [4.69, 9.17) is 5.11 Å². The Morgan fingerprint density at radius 3 is 2.62 bits per heavy atom. The summed E-state index contributed by atoms with van der Waals surface area (Å²) in [4.78, 5) is 22.6. The van der Waals surface area contributed by atoms with Crippen molar-refractivity contribution in [2.75, 3.05) is 0 Å². The minimum Gasteiger partial charge on any atom is -0.480 e. The molecule has 0 aliphatic rings. The van der Waals surface area contributed by atoms with Crippen molar-refractivity contribution >= 4 is 27.5 Å². The van der Waals surface area contributed by atoms with Gasteiger partial charge in [0.05, 0.1) is 10.2 Å². The SMILES string of the molecule is Cc1cc2c(cc1-c1ccccc1)sc(=O)n2CC(=O)O. The topological polar surface area (TPSA) is 59.3 Å². The maximum Gasteiger partial charge on any atom is 0.323 e. The first kappa shape index (κ1) is 13.6. The Labute approximate surface area is 124 Å². The molecule has 0 saturated heterocycles. The second-order valence-electron chi connectivity index (χ2n) is 4.85. The Balaban J connectivity index is 2.22. The van der Waals surface area contributed by atoms with Crippen LogP contribution in [-0.4, -0.2) is 15.6 Å². The van der Waals surface area contributed by atoms with E-state index in [1.54, 1.807) is 0 Å². The fourth-order valence-electron chi connectivity index (χ4n) is 2.43. The molecule has 1 heterocycles. The standard InChI is InChI=1S/C16H13NO3S/c1-10-7-13-14(21-16(20)17(13)9-15(18)19)8-12(10)11-5-3-2-4-6-11/h2-8H,9H2,1H3,(H,18,19). The highest BCUT2D eigenvalue weighted by Crippen LogP contribution is 2.29. The zero-order valence-corrected chi connectivity index (χ0v) is 12.2. The lowest BCUT2D eigenvalue weighted by molar-refractivity contribution is -0.137. The third kappa shape index (κ3) is 2.48. The van der Waals surface area contributed by atoms with Gasteiger partial charge in [-0.1, -0.05) is 41.7 Å². The van der Waals surface area contributed by atoms with Gasteiger partial charge in [-0.05, 0) is 35.7 Å². The van der Waals surface area contributed by atoms with E-state index in [-0.39, 0.29) is 11.4 Å². The lowest BCUT2D eigenvalue weighted by Crippen LogP contribution is -2.18. The van der Waals surface area contributed by atoms with Gasteiger partial charge in [0.15, 0.2) is 0 Å². The number of benzene rings is 2. The van der Waals surface area contributed by atoms with Gasteiger partial charge in [0.25, 0.3) is 0 Å². The molecule has 0 spiro atoms. The van der Waals surface area contributed by atoms with Crippen LogP contribution >= 0.6 is 11.3 Å². The maximum absolute atomic E-state index is 12.0. The number of aryl methyl sites for hydroxylation is 1. The second-order valence-corrected chi connectivity index (χ2v) is 5.84. The number of nitrogens with zero attached hydrogens (tertiary/aromatic N) is 1. The number of fused-ring (bicyclic) bond motifs is 1. The van der Waals surface area contributed by atoms with E-state index in [0.717, 1.165) is 32.7 Å². The van der Waals surface area contributed by atoms with Gasteiger partial charge >= 0.3 is 10.8 Å². The molecule has 0 fully saturated rings. The summed E-state index contributed by atoms with van der Waals surface area (Å²) in [5.74, 6) is -1.01. The third-order valence-corrected chi connectivity index (χ3v) is 4.33. The molecular formula is C16H13NO3S. The molecule has 0 aliphatic carbocycles. The highest BCUT2D eigenvalue weighted by molar-refractivity contribution is 7.16. The second kappa shape index (κ2) is 5.18. The normalized spacial score (nSPS) is 10.9. The van der Waals surface area contributed by atoms with Crippen LogP contribution in [0, 0.1) is 6.92 Å². The molecule has 0 amide bonds. The summed E-state index contributed by atoms with van der Waals surface area (Å²) >= 11 is 1.08. The molecule has 0 unspecified atom stereocenters. The summed E-state index contributed by atoms with van der Waals surface area (Å²) in [6.45, 7) is 1.66. The summed E-state index contributed by atoms with van der Waals surface area (Å²) in [5, 5.41) is 8.92. The van der Waals surface area contributed by atoms with Gasteiger partial charge in [-0.2, -0.15) is 0 Å². The van der Waals surface area contributed by atoms with Crippen molar-refractivity contribution in [1.29, 1.82) is 0 Å². The molecule has 1 aromatic heterocycles. The van der Waals surface area contributed by atoms with Gasteiger partial charge in [0.1, 0.15) is 6.54 Å². The van der Waals surface area contributed by atoms with Crippen LogP contribution in [0.2, 0.25) is 0 Å². The smallest absolute Gasteiger partial charge is 0.323 e. The molecule has 5 heteroatoms. The quantitative estimate of drug-likeness (QED) is 0.808. The summed E-state index contributed by atoms with van der Waals surface area (Å²) in [5.41, 5.74) is 3.85. The highest BCUT2D eigenvalue weighted by atomic mass is 32.1. The maximum atomic E-state index is 12.0. The Hall–Kier alpha value is -2.40. The van der Waals surface area contributed by atoms with E-state index in [2.05, 4.69) is 0 Å². The van der Waals surface area contributed by atoms with Gasteiger partial charge < -0.3 is 5.11 Å². The van der Waals surface area contributed by atoms with Crippen molar-refractivity contribution in [2.24, 2.45) is 0 Å². The Morgan fingerprint density at radius 1 is 1.24 bits per heavy atom. The number of aromatic nitrogens is 1. The molecule has 0 saturated carbocycles. The number of rotatable bonds is 3. The zero-order valence-electron chi connectivity index (χ0n) is 11.4. The van der Waals surface area contributed by atoms with Crippen LogP contribution in [0.5, 0.6) is 0 Å². The van der Waals surface area contributed by atoms with Crippen LogP contribution < -0.4 is 4.87 Å². The molecule has 3 rings (SSSR count). The molecule has 2 aromatic carbocycles. The third-order valence-electron chi connectivity index (χ3n) is 3.39. The van der Waals surface area contributed by atoms with Gasteiger partial charge in [-0.3, -0.25) is 14.2 Å².